The molecule has 0 bridgehead atoms. The van der Waals surface area contributed by atoms with Gasteiger partial charge in [0.25, 0.3) is 0 Å². The van der Waals surface area contributed by atoms with Crippen LogP contribution in [0, 0.1) is 0 Å². The second-order valence-corrected chi connectivity index (χ2v) is 3.36. The van der Waals surface area contributed by atoms with Crippen molar-refractivity contribution in [2.75, 3.05) is 12.4 Å². The van der Waals surface area contributed by atoms with Crippen LogP contribution in [-0.2, 0) is 6.54 Å². The Morgan fingerprint density at radius 1 is 1.47 bits per heavy atom. The van der Waals surface area contributed by atoms with Gasteiger partial charge in [-0.25, -0.2) is 5.43 Å². The third kappa shape index (κ3) is 2.82. The van der Waals surface area contributed by atoms with Crippen LogP contribution < -0.4 is 11.2 Å². The van der Waals surface area contributed by atoms with E-state index in [1.807, 2.05) is 41.6 Å². The van der Waals surface area contributed by atoms with E-state index in [1.165, 1.54) is 0 Å². The molecule has 0 fully saturated rings. The minimum atomic E-state index is 0.652. The van der Waals surface area contributed by atoms with Gasteiger partial charge in [-0.1, -0.05) is 12.1 Å². The van der Waals surface area contributed by atoms with Gasteiger partial charge in [0, 0.05) is 24.6 Å². The van der Waals surface area contributed by atoms with Crippen LogP contribution in [-0.4, -0.2) is 17.9 Å². The summed E-state index contributed by atoms with van der Waals surface area (Å²) in [6.45, 7) is 1.41. The fourth-order valence-corrected chi connectivity index (χ4v) is 1.38. The van der Waals surface area contributed by atoms with Crippen LogP contribution in [0.5, 0.6) is 0 Å². The Morgan fingerprint density at radius 3 is 3.13 bits per heavy atom. The first-order chi connectivity index (χ1) is 7.34. The predicted molar refractivity (Wildman–Crippen MR) is 62.0 cm³/mol. The third-order valence-corrected chi connectivity index (χ3v) is 2.13. The van der Waals surface area contributed by atoms with Crippen LogP contribution in [0.25, 0.3) is 0 Å². The molecule has 4 nitrogen and oxygen atoms in total. The van der Waals surface area contributed by atoms with E-state index in [2.05, 4.69) is 10.4 Å². The van der Waals surface area contributed by atoms with Crippen molar-refractivity contribution in [3.63, 3.8) is 0 Å². The monoisotopic (exact) mass is 202 g/mol. The zero-order valence-corrected chi connectivity index (χ0v) is 8.43. The van der Waals surface area contributed by atoms with E-state index in [9.17, 15) is 0 Å². The molecule has 1 aromatic carbocycles. The Kier molecular flexibility index (Phi) is 2.99. The first-order valence-electron chi connectivity index (χ1n) is 4.86. The minimum absolute atomic E-state index is 0.652. The Morgan fingerprint density at radius 2 is 2.40 bits per heavy atom. The summed E-state index contributed by atoms with van der Waals surface area (Å²) < 4.78 is 0. The summed E-state index contributed by atoms with van der Waals surface area (Å²) in [5, 5.41) is 1.93. The number of nitrogens with zero attached hydrogens (tertiary/aromatic N) is 2. The van der Waals surface area contributed by atoms with Gasteiger partial charge in [0.1, 0.15) is 6.67 Å². The summed E-state index contributed by atoms with van der Waals surface area (Å²) in [5.41, 5.74) is 10.9. The van der Waals surface area contributed by atoms with E-state index in [0.717, 1.165) is 17.8 Å². The van der Waals surface area contributed by atoms with Crippen LogP contribution >= 0.6 is 0 Å². The highest BCUT2D eigenvalue weighted by atomic mass is 15.5. The van der Waals surface area contributed by atoms with Crippen molar-refractivity contribution in [3.8, 4) is 0 Å². The number of hydrazine groups is 1. The fourth-order valence-electron chi connectivity index (χ4n) is 1.38. The van der Waals surface area contributed by atoms with E-state index in [4.69, 9.17) is 5.73 Å². The van der Waals surface area contributed by atoms with Gasteiger partial charge >= 0.3 is 0 Å². The number of aliphatic imine (C=N–C) groups is 1. The smallest absolute Gasteiger partial charge is 0.124 e. The summed E-state index contributed by atoms with van der Waals surface area (Å²) in [4.78, 5) is 4.12. The van der Waals surface area contributed by atoms with Gasteiger partial charge in [0.15, 0.2) is 0 Å². The summed E-state index contributed by atoms with van der Waals surface area (Å²) >= 11 is 0. The molecular formula is C11H14N4. The lowest BCUT2D eigenvalue weighted by molar-refractivity contribution is 0.273. The Hall–Kier alpha value is -1.81. The Labute approximate surface area is 89.1 Å². The molecule has 15 heavy (non-hydrogen) atoms. The maximum absolute atomic E-state index is 5.69. The highest BCUT2D eigenvalue weighted by molar-refractivity contribution is 5.71. The fraction of sp³-hybridized carbons (Fsp3) is 0.182. The molecule has 0 saturated carbocycles. The number of nitrogen functional groups attached to an aromatic ring is 1. The number of hydrogen-bond acceptors (Lipinski definition) is 4. The van der Waals surface area contributed by atoms with Crippen LogP contribution in [0.15, 0.2) is 41.5 Å². The lowest BCUT2D eigenvalue weighted by atomic mass is 10.2. The molecule has 0 aromatic heterocycles. The number of rotatable bonds is 3. The molecule has 0 saturated heterocycles. The van der Waals surface area contributed by atoms with Gasteiger partial charge in [0.2, 0.25) is 0 Å². The molecule has 1 aliphatic heterocycles. The second kappa shape index (κ2) is 4.61. The van der Waals surface area contributed by atoms with Crippen molar-refractivity contribution in [1.29, 1.82) is 0 Å². The van der Waals surface area contributed by atoms with E-state index >= 15 is 0 Å². The molecule has 1 aromatic rings. The van der Waals surface area contributed by atoms with Crippen molar-refractivity contribution in [3.05, 3.63) is 42.1 Å². The molecule has 2 rings (SSSR count). The number of anilines is 1. The molecule has 0 atom stereocenters. The largest absolute Gasteiger partial charge is 0.399 e. The lowest BCUT2D eigenvalue weighted by Gasteiger charge is -2.20. The molecule has 0 spiro atoms. The van der Waals surface area contributed by atoms with Crippen LogP contribution in [0.1, 0.15) is 5.56 Å². The molecule has 0 amide bonds. The molecule has 1 heterocycles. The summed E-state index contributed by atoms with van der Waals surface area (Å²) in [6, 6.07) is 7.84. The molecule has 1 aliphatic rings. The summed E-state index contributed by atoms with van der Waals surface area (Å²) in [5.74, 6) is 0. The van der Waals surface area contributed by atoms with Gasteiger partial charge in [-0.05, 0) is 23.8 Å². The summed E-state index contributed by atoms with van der Waals surface area (Å²) in [6.07, 6.45) is 5.65. The predicted octanol–water partition coefficient (Wildman–Crippen LogP) is 1.13. The molecule has 0 aliphatic carbocycles. The number of allylic oxidation sites excluding steroid dienone is 1. The lowest BCUT2D eigenvalue weighted by Crippen LogP contribution is -2.34. The highest BCUT2D eigenvalue weighted by Gasteiger charge is 1.99. The van der Waals surface area contributed by atoms with Crippen LogP contribution in [0.2, 0.25) is 0 Å². The van der Waals surface area contributed by atoms with Crippen molar-refractivity contribution >= 4 is 11.9 Å². The normalized spacial score (nSPS) is 14.5. The number of hydrogen-bond donors (Lipinski definition) is 2. The third-order valence-electron chi connectivity index (χ3n) is 2.13. The number of nitrogens with two attached hydrogens (primary N) is 1. The van der Waals surface area contributed by atoms with Crippen LogP contribution in [0.4, 0.5) is 5.69 Å². The first kappa shape index (κ1) is 9.73. The minimum Gasteiger partial charge on any atom is -0.399 e. The average Bonchev–Trinajstić information content (AvgIpc) is 2.28. The zero-order chi connectivity index (χ0) is 10.5. The maximum atomic E-state index is 5.69. The standard InChI is InChI=1S/C11H14N4/c12-11-4-1-3-10(7-11)8-14-15-6-2-5-13-9-15/h1-7,14H,8-9,12H2. The topological polar surface area (TPSA) is 53.6 Å². The van der Waals surface area contributed by atoms with Gasteiger partial charge in [0.05, 0.1) is 0 Å². The van der Waals surface area contributed by atoms with Gasteiger partial charge in [-0.3, -0.25) is 10.0 Å². The van der Waals surface area contributed by atoms with E-state index in [1.54, 1.807) is 6.21 Å². The van der Waals surface area contributed by atoms with E-state index in [0.29, 0.717) is 6.67 Å². The molecular weight excluding hydrogens is 188 g/mol. The van der Waals surface area contributed by atoms with Gasteiger partial charge < -0.3 is 5.73 Å². The Bertz CT molecular complexity index is 384. The number of benzene rings is 1. The average molecular weight is 202 g/mol. The van der Waals surface area contributed by atoms with Crippen molar-refractivity contribution in [2.45, 2.75) is 6.54 Å². The molecule has 0 unspecified atom stereocenters. The number of nitrogens with one attached hydrogen (secondary N) is 1. The van der Waals surface area contributed by atoms with Gasteiger partial charge in [-0.15, -0.1) is 0 Å². The van der Waals surface area contributed by atoms with Crippen molar-refractivity contribution in [2.24, 2.45) is 4.99 Å². The van der Waals surface area contributed by atoms with Gasteiger partial charge in [-0.2, -0.15) is 0 Å². The Balaban J connectivity index is 1.88. The molecule has 78 valence electrons. The van der Waals surface area contributed by atoms with E-state index < -0.39 is 0 Å². The first-order valence-corrected chi connectivity index (χ1v) is 4.86. The quantitative estimate of drug-likeness (QED) is 0.722. The molecule has 4 heteroatoms. The zero-order valence-electron chi connectivity index (χ0n) is 8.43. The molecule has 0 radical (unpaired) electrons. The highest BCUT2D eigenvalue weighted by Crippen LogP contribution is 2.06. The van der Waals surface area contributed by atoms with E-state index in [-0.39, 0.29) is 0 Å². The summed E-state index contributed by atoms with van der Waals surface area (Å²) in [7, 11) is 0. The molecule has 3 N–H and O–H groups in total. The van der Waals surface area contributed by atoms with Crippen LogP contribution in [0.3, 0.4) is 0 Å². The SMILES string of the molecule is Nc1cccc(CNN2C=CC=NC2)c1. The van der Waals surface area contributed by atoms with Crippen molar-refractivity contribution < 1.29 is 0 Å². The maximum Gasteiger partial charge on any atom is 0.124 e. The second-order valence-electron chi connectivity index (χ2n) is 3.36. The van der Waals surface area contributed by atoms with Crippen molar-refractivity contribution in [1.82, 2.24) is 10.4 Å².